The van der Waals surface area contributed by atoms with E-state index in [-0.39, 0.29) is 17.9 Å². The second kappa shape index (κ2) is 9.87. The number of rotatable bonds is 5. The number of hydrogen-bond acceptors (Lipinski definition) is 6. The minimum Gasteiger partial charge on any atom is -0.481 e. The Hall–Kier alpha value is -2.65. The molecule has 4 rings (SSSR count). The van der Waals surface area contributed by atoms with Gasteiger partial charge in [-0.3, -0.25) is 9.59 Å². The summed E-state index contributed by atoms with van der Waals surface area (Å²) < 4.78 is 12.9. The molecule has 3 heterocycles. The number of ether oxygens (including phenoxy) is 2. The normalized spacial score (nSPS) is 18.5. The second-order valence-corrected chi connectivity index (χ2v) is 8.65. The van der Waals surface area contributed by atoms with E-state index in [1.165, 1.54) is 0 Å². The van der Waals surface area contributed by atoms with Crippen molar-refractivity contribution in [2.75, 3.05) is 39.4 Å². The molecule has 0 saturated carbocycles. The Morgan fingerprint density at radius 2 is 1.88 bits per heavy atom. The molecule has 1 atom stereocenters. The predicted octanol–water partition coefficient (Wildman–Crippen LogP) is 2.34. The van der Waals surface area contributed by atoms with Gasteiger partial charge in [0.2, 0.25) is 0 Å². The maximum atomic E-state index is 12.9. The fourth-order valence-electron chi connectivity index (χ4n) is 4.08. The Labute approximate surface area is 192 Å². The van der Waals surface area contributed by atoms with E-state index in [1.54, 1.807) is 34.8 Å². The van der Waals surface area contributed by atoms with E-state index < -0.39 is 6.10 Å². The third-order valence-electron chi connectivity index (χ3n) is 5.97. The van der Waals surface area contributed by atoms with Gasteiger partial charge in [-0.25, -0.2) is 4.68 Å². The Balaban J connectivity index is 1.30. The van der Waals surface area contributed by atoms with Crippen LogP contribution in [-0.2, 0) is 9.53 Å². The highest BCUT2D eigenvalue weighted by atomic mass is 35.5. The summed E-state index contributed by atoms with van der Waals surface area (Å²) in [6, 6.07) is 5.46. The third kappa shape index (κ3) is 5.05. The monoisotopic (exact) mass is 461 g/mol. The molecule has 172 valence electrons. The lowest BCUT2D eigenvalue weighted by atomic mass is 10.0. The third-order valence-corrected chi connectivity index (χ3v) is 6.20. The van der Waals surface area contributed by atoms with Crippen molar-refractivity contribution in [3.05, 3.63) is 40.7 Å². The first-order chi connectivity index (χ1) is 15.4. The average Bonchev–Trinajstić information content (AvgIpc) is 3.31. The fraction of sp³-hybridized carbons (Fsp3) is 0.545. The lowest BCUT2D eigenvalue weighted by molar-refractivity contribution is -0.139. The summed E-state index contributed by atoms with van der Waals surface area (Å²) in [7, 11) is 0. The van der Waals surface area contributed by atoms with E-state index in [2.05, 4.69) is 10.3 Å². The highest BCUT2D eigenvalue weighted by Gasteiger charge is 2.29. The second-order valence-electron chi connectivity index (χ2n) is 8.21. The van der Waals surface area contributed by atoms with Gasteiger partial charge in [0.25, 0.3) is 11.8 Å². The van der Waals surface area contributed by atoms with E-state index in [0.717, 1.165) is 18.4 Å². The summed E-state index contributed by atoms with van der Waals surface area (Å²) in [6.07, 6.45) is 2.62. The largest absolute Gasteiger partial charge is 0.481 e. The number of morpholine rings is 1. The van der Waals surface area contributed by atoms with Crippen molar-refractivity contribution in [3.8, 4) is 5.75 Å². The van der Waals surface area contributed by atoms with E-state index >= 15 is 0 Å². The summed E-state index contributed by atoms with van der Waals surface area (Å²) in [4.78, 5) is 29.0. The highest BCUT2D eigenvalue weighted by Crippen LogP contribution is 2.25. The van der Waals surface area contributed by atoms with Gasteiger partial charge in [0, 0.05) is 31.2 Å². The number of carbonyl (C=O) groups is 2. The molecule has 0 spiro atoms. The van der Waals surface area contributed by atoms with Gasteiger partial charge in [-0.1, -0.05) is 16.8 Å². The zero-order valence-corrected chi connectivity index (χ0v) is 19.1. The van der Waals surface area contributed by atoms with Crippen LogP contribution in [0.2, 0.25) is 5.02 Å². The summed E-state index contributed by atoms with van der Waals surface area (Å²) in [5.41, 5.74) is 1.25. The number of aromatic nitrogens is 3. The number of carbonyl (C=O) groups excluding carboxylic acids is 2. The van der Waals surface area contributed by atoms with Crippen molar-refractivity contribution in [1.82, 2.24) is 24.8 Å². The molecule has 9 nitrogen and oxygen atoms in total. The Morgan fingerprint density at radius 1 is 1.16 bits per heavy atom. The molecule has 2 aromatic rings. The van der Waals surface area contributed by atoms with Crippen molar-refractivity contribution in [2.24, 2.45) is 0 Å². The molecular weight excluding hydrogens is 434 g/mol. The number of amides is 2. The van der Waals surface area contributed by atoms with Gasteiger partial charge in [-0.05, 0) is 50.5 Å². The number of hydrogen-bond donors (Lipinski definition) is 0. The Morgan fingerprint density at radius 3 is 2.56 bits per heavy atom. The van der Waals surface area contributed by atoms with Crippen LogP contribution in [-0.4, -0.2) is 82.1 Å². The molecule has 2 aliphatic rings. The van der Waals surface area contributed by atoms with Crippen LogP contribution < -0.4 is 4.74 Å². The van der Waals surface area contributed by atoms with Gasteiger partial charge in [0.05, 0.1) is 25.5 Å². The summed E-state index contributed by atoms with van der Waals surface area (Å²) in [5, 5.41) is 8.90. The minimum atomic E-state index is -0.587. The van der Waals surface area contributed by atoms with Crippen molar-refractivity contribution in [3.63, 3.8) is 0 Å². The van der Waals surface area contributed by atoms with Crippen LogP contribution in [0, 0.1) is 6.92 Å². The van der Waals surface area contributed by atoms with Crippen LogP contribution in [0.5, 0.6) is 5.75 Å². The maximum Gasteiger partial charge on any atom is 0.276 e. The molecule has 10 heteroatoms. The summed E-state index contributed by atoms with van der Waals surface area (Å²) >= 11 is 5.99. The van der Waals surface area contributed by atoms with Gasteiger partial charge in [0.1, 0.15) is 5.75 Å². The SMILES string of the molecule is Cc1cc(Cl)ccc1O[C@@H](C)C(=O)N1CCC(n2cc(C(=O)N3CCOCC3)nn2)CC1. The first kappa shape index (κ1) is 22.5. The number of piperidine rings is 1. The molecule has 0 radical (unpaired) electrons. The van der Waals surface area contributed by atoms with E-state index in [0.29, 0.717) is 55.9 Å². The van der Waals surface area contributed by atoms with E-state index in [4.69, 9.17) is 21.1 Å². The number of benzene rings is 1. The quantitative estimate of drug-likeness (QED) is 0.679. The zero-order valence-electron chi connectivity index (χ0n) is 18.4. The lowest BCUT2D eigenvalue weighted by Gasteiger charge is -2.33. The molecule has 2 aliphatic heterocycles. The minimum absolute atomic E-state index is 0.0421. The average molecular weight is 462 g/mol. The topological polar surface area (TPSA) is 89.8 Å². The predicted molar refractivity (Wildman–Crippen MR) is 118 cm³/mol. The first-order valence-electron chi connectivity index (χ1n) is 10.9. The van der Waals surface area contributed by atoms with Crippen molar-refractivity contribution in [1.29, 1.82) is 0 Å². The molecular formula is C22H28ClN5O4. The van der Waals surface area contributed by atoms with Crippen LogP contribution in [0.25, 0.3) is 0 Å². The van der Waals surface area contributed by atoms with Gasteiger partial charge in [-0.2, -0.15) is 0 Å². The number of likely N-dealkylation sites (tertiary alicyclic amines) is 1. The van der Waals surface area contributed by atoms with Crippen LogP contribution in [0.15, 0.2) is 24.4 Å². The van der Waals surface area contributed by atoms with E-state index in [1.807, 2.05) is 17.9 Å². The molecule has 2 amide bonds. The smallest absolute Gasteiger partial charge is 0.276 e. The van der Waals surface area contributed by atoms with Crippen LogP contribution in [0.4, 0.5) is 0 Å². The maximum absolute atomic E-state index is 12.9. The van der Waals surface area contributed by atoms with Crippen LogP contribution >= 0.6 is 11.6 Å². The Kier molecular flexibility index (Phi) is 6.95. The molecule has 2 saturated heterocycles. The standard InChI is InChI=1S/C22H28ClN5O4/c1-15-13-17(23)3-4-20(15)32-16(2)21(29)26-7-5-18(6-8-26)28-14-19(24-25-28)22(30)27-9-11-31-12-10-27/h3-4,13-14,16,18H,5-12H2,1-2H3/t16-/m0/s1. The van der Waals surface area contributed by atoms with Crippen molar-refractivity contribution < 1.29 is 19.1 Å². The first-order valence-corrected chi connectivity index (χ1v) is 11.3. The number of aryl methyl sites for hydroxylation is 1. The van der Waals surface area contributed by atoms with Gasteiger partial charge in [0.15, 0.2) is 11.8 Å². The van der Waals surface area contributed by atoms with Crippen molar-refractivity contribution in [2.45, 2.75) is 38.8 Å². The fourth-order valence-corrected chi connectivity index (χ4v) is 4.30. The molecule has 0 unspecified atom stereocenters. The van der Waals surface area contributed by atoms with Crippen molar-refractivity contribution >= 4 is 23.4 Å². The molecule has 0 bridgehead atoms. The number of halogens is 1. The number of nitrogens with zero attached hydrogens (tertiary/aromatic N) is 5. The van der Waals surface area contributed by atoms with Crippen LogP contribution in [0.3, 0.4) is 0 Å². The van der Waals surface area contributed by atoms with Gasteiger partial charge >= 0.3 is 0 Å². The molecule has 32 heavy (non-hydrogen) atoms. The molecule has 0 N–H and O–H groups in total. The van der Waals surface area contributed by atoms with Gasteiger partial charge in [-0.15, -0.1) is 5.10 Å². The van der Waals surface area contributed by atoms with Crippen LogP contribution in [0.1, 0.15) is 41.9 Å². The summed E-state index contributed by atoms with van der Waals surface area (Å²) in [6.45, 7) is 7.11. The Bertz CT molecular complexity index is 967. The molecule has 0 aliphatic carbocycles. The molecule has 1 aromatic carbocycles. The summed E-state index contributed by atoms with van der Waals surface area (Å²) in [5.74, 6) is 0.500. The molecule has 2 fully saturated rings. The molecule has 1 aromatic heterocycles. The van der Waals surface area contributed by atoms with Gasteiger partial charge < -0.3 is 19.3 Å². The lowest BCUT2D eigenvalue weighted by Crippen LogP contribution is -2.45. The zero-order chi connectivity index (χ0) is 22.7. The highest BCUT2D eigenvalue weighted by molar-refractivity contribution is 6.30. The van der Waals surface area contributed by atoms with E-state index in [9.17, 15) is 9.59 Å².